The highest BCUT2D eigenvalue weighted by Crippen LogP contribution is 2.42. The van der Waals surface area contributed by atoms with Gasteiger partial charge in [0.15, 0.2) is 0 Å². The first kappa shape index (κ1) is 14.9. The fourth-order valence-electron chi connectivity index (χ4n) is 4.26. The number of carbonyl (C=O) groups excluding carboxylic acids is 2. The third-order valence-electron chi connectivity index (χ3n) is 5.41. The average molecular weight is 324 g/mol. The van der Waals surface area contributed by atoms with E-state index in [4.69, 9.17) is 5.73 Å². The number of nitrogens with zero attached hydrogens (tertiary/aromatic N) is 2. The van der Waals surface area contributed by atoms with Crippen LogP contribution in [0.4, 0.5) is 0 Å². The largest absolute Gasteiger partial charge is 0.368 e. The Hall–Kier alpha value is -2.63. The van der Waals surface area contributed by atoms with Crippen molar-refractivity contribution in [2.75, 3.05) is 6.54 Å². The third-order valence-corrected chi connectivity index (χ3v) is 5.41. The minimum atomic E-state index is -0.460. The molecule has 0 spiro atoms. The van der Waals surface area contributed by atoms with Crippen LogP contribution in [-0.4, -0.2) is 39.5 Å². The Morgan fingerprint density at radius 3 is 2.62 bits per heavy atom. The van der Waals surface area contributed by atoms with E-state index in [0.29, 0.717) is 18.0 Å². The molecule has 1 saturated carbocycles. The summed E-state index contributed by atoms with van der Waals surface area (Å²) < 4.78 is 0. The number of aromatic nitrogens is 2. The van der Waals surface area contributed by atoms with Gasteiger partial charge in [0.25, 0.3) is 5.91 Å². The number of aromatic amines is 1. The molecule has 3 atom stereocenters. The number of rotatable bonds is 3. The van der Waals surface area contributed by atoms with Crippen LogP contribution >= 0.6 is 0 Å². The molecule has 1 aromatic carbocycles. The molecule has 6 heteroatoms. The van der Waals surface area contributed by atoms with Crippen molar-refractivity contribution < 1.29 is 9.59 Å². The summed E-state index contributed by atoms with van der Waals surface area (Å²) in [4.78, 5) is 26.5. The molecule has 3 N–H and O–H groups in total. The first-order chi connectivity index (χ1) is 11.6. The number of nitrogens with two attached hydrogens (primary N) is 1. The topological polar surface area (TPSA) is 92.1 Å². The van der Waals surface area contributed by atoms with Crippen molar-refractivity contribution in [2.45, 2.75) is 25.3 Å². The molecule has 2 heterocycles. The Kier molecular flexibility index (Phi) is 3.59. The van der Waals surface area contributed by atoms with Gasteiger partial charge >= 0.3 is 0 Å². The summed E-state index contributed by atoms with van der Waals surface area (Å²) >= 11 is 0. The van der Waals surface area contributed by atoms with Gasteiger partial charge in [0.05, 0.1) is 6.20 Å². The Bertz CT molecular complexity index is 754. The molecule has 124 valence electrons. The first-order valence-corrected chi connectivity index (χ1v) is 8.34. The number of carbonyl (C=O) groups is 2. The predicted octanol–water partition coefficient (Wildman–Crippen LogP) is 1.80. The number of fused-ring (bicyclic) bond motifs is 1. The van der Waals surface area contributed by atoms with Gasteiger partial charge in [-0.1, -0.05) is 18.6 Å². The molecule has 1 aliphatic carbocycles. The predicted molar refractivity (Wildman–Crippen MR) is 88.9 cm³/mol. The second-order valence-corrected chi connectivity index (χ2v) is 6.72. The highest BCUT2D eigenvalue weighted by atomic mass is 16.2. The van der Waals surface area contributed by atoms with Crippen LogP contribution < -0.4 is 5.73 Å². The molecule has 1 saturated heterocycles. The van der Waals surface area contributed by atoms with Gasteiger partial charge < -0.3 is 10.6 Å². The number of benzene rings is 1. The maximum atomic E-state index is 12.9. The Labute approximate surface area is 140 Å². The lowest BCUT2D eigenvalue weighted by Gasteiger charge is -2.25. The fraction of sp³-hybridized carbons (Fsp3) is 0.389. The van der Waals surface area contributed by atoms with Crippen LogP contribution in [0.2, 0.25) is 0 Å². The van der Waals surface area contributed by atoms with E-state index in [1.807, 2.05) is 18.3 Å². The van der Waals surface area contributed by atoms with Crippen LogP contribution in [-0.2, 0) is 4.79 Å². The molecular weight excluding hydrogens is 304 g/mol. The van der Waals surface area contributed by atoms with E-state index in [1.54, 1.807) is 23.2 Å². The number of amides is 2. The van der Waals surface area contributed by atoms with E-state index < -0.39 is 6.04 Å². The normalized spacial score (nSPS) is 25.7. The molecule has 1 aromatic heterocycles. The van der Waals surface area contributed by atoms with E-state index in [9.17, 15) is 9.59 Å². The highest BCUT2D eigenvalue weighted by molar-refractivity contribution is 5.98. The molecule has 24 heavy (non-hydrogen) atoms. The van der Waals surface area contributed by atoms with Gasteiger partial charge in [0.2, 0.25) is 5.91 Å². The van der Waals surface area contributed by atoms with E-state index in [1.165, 1.54) is 0 Å². The van der Waals surface area contributed by atoms with Crippen molar-refractivity contribution in [2.24, 2.45) is 17.6 Å². The molecule has 4 rings (SSSR count). The summed E-state index contributed by atoms with van der Waals surface area (Å²) in [7, 11) is 0. The summed E-state index contributed by atoms with van der Waals surface area (Å²) in [5.74, 6) is 0.160. The molecule has 2 aliphatic rings. The summed E-state index contributed by atoms with van der Waals surface area (Å²) in [6.07, 6.45) is 6.74. The maximum absolute atomic E-state index is 12.9. The van der Waals surface area contributed by atoms with Crippen LogP contribution in [0.5, 0.6) is 0 Å². The molecule has 0 radical (unpaired) electrons. The van der Waals surface area contributed by atoms with E-state index in [0.717, 1.165) is 30.4 Å². The first-order valence-electron chi connectivity index (χ1n) is 8.34. The number of likely N-dealkylation sites (tertiary alicyclic amines) is 1. The quantitative estimate of drug-likeness (QED) is 0.902. The number of H-pyrrole nitrogens is 1. The number of hydrogen-bond donors (Lipinski definition) is 2. The maximum Gasteiger partial charge on any atom is 0.254 e. The lowest BCUT2D eigenvalue weighted by Crippen LogP contribution is -2.46. The molecular formula is C18H20N4O2. The summed E-state index contributed by atoms with van der Waals surface area (Å²) in [6.45, 7) is 0.639. The van der Waals surface area contributed by atoms with Crippen LogP contribution in [0, 0.1) is 11.8 Å². The zero-order chi connectivity index (χ0) is 16.7. The van der Waals surface area contributed by atoms with Gasteiger partial charge in [-0.15, -0.1) is 0 Å². The van der Waals surface area contributed by atoms with Crippen LogP contribution in [0.3, 0.4) is 0 Å². The summed E-state index contributed by atoms with van der Waals surface area (Å²) in [5.41, 5.74) is 8.16. The van der Waals surface area contributed by atoms with Crippen molar-refractivity contribution in [3.63, 3.8) is 0 Å². The molecule has 6 nitrogen and oxygen atoms in total. The van der Waals surface area contributed by atoms with Crippen molar-refractivity contribution in [1.82, 2.24) is 15.1 Å². The molecule has 3 unspecified atom stereocenters. The Morgan fingerprint density at radius 2 is 1.96 bits per heavy atom. The molecule has 2 aromatic rings. The van der Waals surface area contributed by atoms with Gasteiger partial charge in [-0.3, -0.25) is 14.7 Å². The fourth-order valence-corrected chi connectivity index (χ4v) is 4.26. The minimum Gasteiger partial charge on any atom is -0.368 e. The van der Waals surface area contributed by atoms with Gasteiger partial charge in [-0.2, -0.15) is 5.10 Å². The number of hydrogen-bond acceptors (Lipinski definition) is 3. The van der Waals surface area contributed by atoms with Gasteiger partial charge in [0.1, 0.15) is 6.04 Å². The minimum absolute atomic E-state index is 0.105. The summed E-state index contributed by atoms with van der Waals surface area (Å²) in [6, 6.07) is 6.94. The standard InChI is InChI=1S/C18H20N4O2/c19-17(23)16-15-3-1-2-13(15)10-22(16)18(24)12-6-4-11(5-7-12)14-8-20-21-9-14/h4-9,13,15-16H,1-3,10H2,(H2,19,23)(H,20,21). The van der Waals surface area contributed by atoms with Crippen molar-refractivity contribution in [3.05, 3.63) is 42.2 Å². The van der Waals surface area contributed by atoms with Crippen LogP contribution in [0.25, 0.3) is 11.1 Å². The van der Waals surface area contributed by atoms with Gasteiger partial charge in [-0.05, 0) is 42.4 Å². The van der Waals surface area contributed by atoms with Gasteiger partial charge in [0, 0.05) is 23.9 Å². The van der Waals surface area contributed by atoms with Crippen molar-refractivity contribution >= 4 is 11.8 Å². The van der Waals surface area contributed by atoms with Crippen molar-refractivity contribution in [1.29, 1.82) is 0 Å². The van der Waals surface area contributed by atoms with Gasteiger partial charge in [-0.25, -0.2) is 0 Å². The monoisotopic (exact) mass is 324 g/mol. The van der Waals surface area contributed by atoms with Crippen LogP contribution in [0.1, 0.15) is 29.6 Å². The zero-order valence-corrected chi connectivity index (χ0v) is 13.3. The van der Waals surface area contributed by atoms with E-state index in [2.05, 4.69) is 10.2 Å². The lowest BCUT2D eigenvalue weighted by atomic mass is 9.93. The molecule has 0 bridgehead atoms. The second-order valence-electron chi connectivity index (χ2n) is 6.72. The Balaban J connectivity index is 1.58. The highest BCUT2D eigenvalue weighted by Gasteiger charge is 2.48. The molecule has 2 amide bonds. The number of nitrogens with one attached hydrogen (secondary N) is 1. The van der Waals surface area contributed by atoms with Crippen molar-refractivity contribution in [3.8, 4) is 11.1 Å². The SMILES string of the molecule is NC(=O)C1C2CCCC2CN1C(=O)c1ccc(-c2cn[nH]c2)cc1. The number of primary amides is 1. The third kappa shape index (κ3) is 2.38. The summed E-state index contributed by atoms with van der Waals surface area (Å²) in [5, 5.41) is 6.70. The average Bonchev–Trinajstić information content (AvgIpc) is 3.30. The Morgan fingerprint density at radius 1 is 1.17 bits per heavy atom. The van der Waals surface area contributed by atoms with E-state index in [-0.39, 0.29) is 17.7 Å². The second kappa shape index (κ2) is 5.78. The molecule has 2 fully saturated rings. The smallest absolute Gasteiger partial charge is 0.254 e. The zero-order valence-electron chi connectivity index (χ0n) is 13.3. The van der Waals surface area contributed by atoms with Crippen LogP contribution in [0.15, 0.2) is 36.7 Å². The molecule has 1 aliphatic heterocycles. The lowest BCUT2D eigenvalue weighted by molar-refractivity contribution is -0.122. The van der Waals surface area contributed by atoms with E-state index >= 15 is 0 Å².